The van der Waals surface area contributed by atoms with Gasteiger partial charge in [-0.05, 0) is 55.8 Å². The molecule has 0 saturated carbocycles. The molecule has 2 fully saturated rings. The molecule has 1 amide bonds. The highest BCUT2D eigenvalue weighted by Gasteiger charge is 2.43. The third kappa shape index (κ3) is 4.48. The van der Waals surface area contributed by atoms with Gasteiger partial charge in [0.1, 0.15) is 5.75 Å². The minimum absolute atomic E-state index is 0.0742. The molecule has 0 bridgehead atoms. The first-order valence-electron chi connectivity index (χ1n) is 10.5. The van der Waals surface area contributed by atoms with Gasteiger partial charge in [0.2, 0.25) is 0 Å². The van der Waals surface area contributed by atoms with E-state index in [0.717, 1.165) is 45.0 Å². The largest absolute Gasteiger partial charge is 0.497 e. The van der Waals surface area contributed by atoms with Crippen LogP contribution in [-0.2, 0) is 6.54 Å². The number of carbonyl (C=O) groups is 1. The van der Waals surface area contributed by atoms with E-state index in [2.05, 4.69) is 35.8 Å². The van der Waals surface area contributed by atoms with Crippen molar-refractivity contribution in [3.05, 3.63) is 64.7 Å². The second kappa shape index (κ2) is 8.58. The maximum Gasteiger partial charge on any atom is 0.253 e. The van der Waals surface area contributed by atoms with Crippen molar-refractivity contribution in [2.24, 2.45) is 0 Å². The molecule has 4 rings (SSSR count). The second-order valence-electron chi connectivity index (χ2n) is 8.94. The number of amides is 1. The number of hydrogen-bond donors (Lipinski definition) is 0. The minimum atomic E-state index is 0.0742. The summed E-state index contributed by atoms with van der Waals surface area (Å²) in [5.41, 5.74) is 2.06. The SMILES string of the molecule is COc1ccc(CN2C[C@@H]3CN(C(=O)c4ccc(Cl)cc4)CCN3C(C)(C)C2)cc1. The van der Waals surface area contributed by atoms with Crippen LogP contribution in [0.3, 0.4) is 0 Å². The zero-order valence-electron chi connectivity index (χ0n) is 18.0. The summed E-state index contributed by atoms with van der Waals surface area (Å²) in [5, 5.41) is 0.652. The van der Waals surface area contributed by atoms with Gasteiger partial charge in [-0.2, -0.15) is 0 Å². The first-order chi connectivity index (χ1) is 14.4. The molecule has 5 nitrogen and oxygen atoms in total. The summed E-state index contributed by atoms with van der Waals surface area (Å²) in [4.78, 5) is 20.1. The van der Waals surface area contributed by atoms with E-state index in [9.17, 15) is 4.79 Å². The zero-order valence-corrected chi connectivity index (χ0v) is 18.7. The number of piperazine rings is 2. The first kappa shape index (κ1) is 21.2. The third-order valence-corrected chi connectivity index (χ3v) is 6.54. The van der Waals surface area contributed by atoms with E-state index < -0.39 is 0 Å². The highest BCUT2D eigenvalue weighted by molar-refractivity contribution is 6.30. The summed E-state index contributed by atoms with van der Waals surface area (Å²) >= 11 is 5.98. The van der Waals surface area contributed by atoms with E-state index in [1.807, 2.05) is 29.2 Å². The molecule has 2 aromatic rings. The Morgan fingerprint density at radius 1 is 1.07 bits per heavy atom. The predicted molar refractivity (Wildman–Crippen MR) is 120 cm³/mol. The van der Waals surface area contributed by atoms with Gasteiger partial charge in [0.15, 0.2) is 0 Å². The molecule has 0 N–H and O–H groups in total. The van der Waals surface area contributed by atoms with Crippen LogP contribution in [0, 0.1) is 0 Å². The van der Waals surface area contributed by atoms with Crippen LogP contribution in [0.2, 0.25) is 5.02 Å². The Labute approximate surface area is 184 Å². The van der Waals surface area contributed by atoms with Crippen molar-refractivity contribution in [3.8, 4) is 5.75 Å². The van der Waals surface area contributed by atoms with Gasteiger partial charge in [0, 0.05) is 61.4 Å². The molecule has 0 aromatic heterocycles. The Morgan fingerprint density at radius 2 is 1.77 bits per heavy atom. The van der Waals surface area contributed by atoms with Crippen LogP contribution in [0.5, 0.6) is 5.75 Å². The number of hydrogen-bond acceptors (Lipinski definition) is 4. The summed E-state index contributed by atoms with van der Waals surface area (Å²) in [5.74, 6) is 0.976. The minimum Gasteiger partial charge on any atom is -0.497 e. The molecule has 2 aromatic carbocycles. The van der Waals surface area contributed by atoms with E-state index in [1.54, 1.807) is 19.2 Å². The van der Waals surface area contributed by atoms with Gasteiger partial charge in [-0.25, -0.2) is 0 Å². The van der Waals surface area contributed by atoms with Crippen LogP contribution in [0.25, 0.3) is 0 Å². The number of ether oxygens (including phenoxy) is 1. The Bertz CT molecular complexity index is 882. The fourth-order valence-corrected chi connectivity index (χ4v) is 5.00. The molecule has 0 spiro atoms. The van der Waals surface area contributed by atoms with E-state index in [1.165, 1.54) is 5.56 Å². The molecule has 2 heterocycles. The summed E-state index contributed by atoms with van der Waals surface area (Å²) in [7, 11) is 1.69. The van der Waals surface area contributed by atoms with E-state index >= 15 is 0 Å². The van der Waals surface area contributed by atoms with Crippen LogP contribution in [0.15, 0.2) is 48.5 Å². The fourth-order valence-electron chi connectivity index (χ4n) is 4.88. The van der Waals surface area contributed by atoms with Gasteiger partial charge in [0.05, 0.1) is 7.11 Å². The van der Waals surface area contributed by atoms with Crippen molar-refractivity contribution in [1.29, 1.82) is 0 Å². The molecule has 2 saturated heterocycles. The molecule has 1 atom stereocenters. The maximum atomic E-state index is 13.0. The van der Waals surface area contributed by atoms with Crippen LogP contribution in [0.4, 0.5) is 0 Å². The number of carbonyl (C=O) groups excluding carboxylic acids is 1. The van der Waals surface area contributed by atoms with Gasteiger partial charge >= 0.3 is 0 Å². The van der Waals surface area contributed by atoms with Crippen molar-refractivity contribution in [1.82, 2.24) is 14.7 Å². The highest BCUT2D eigenvalue weighted by atomic mass is 35.5. The lowest BCUT2D eigenvalue weighted by Crippen LogP contribution is -2.69. The van der Waals surface area contributed by atoms with Gasteiger partial charge in [0.25, 0.3) is 5.91 Å². The average molecular weight is 428 g/mol. The molecule has 2 aliphatic rings. The Balaban J connectivity index is 1.45. The van der Waals surface area contributed by atoms with Crippen LogP contribution in [-0.4, -0.2) is 72.0 Å². The van der Waals surface area contributed by atoms with Gasteiger partial charge < -0.3 is 9.64 Å². The lowest BCUT2D eigenvalue weighted by Gasteiger charge is -2.55. The van der Waals surface area contributed by atoms with Crippen LogP contribution >= 0.6 is 11.6 Å². The number of benzene rings is 2. The summed E-state index contributed by atoms with van der Waals surface area (Å²) in [6.07, 6.45) is 0. The molecule has 0 aliphatic carbocycles. The van der Waals surface area contributed by atoms with Gasteiger partial charge in [-0.3, -0.25) is 14.6 Å². The highest BCUT2D eigenvalue weighted by Crippen LogP contribution is 2.29. The number of methoxy groups -OCH3 is 1. The van der Waals surface area contributed by atoms with E-state index in [-0.39, 0.29) is 11.4 Å². The van der Waals surface area contributed by atoms with Crippen molar-refractivity contribution in [3.63, 3.8) is 0 Å². The number of rotatable bonds is 4. The first-order valence-corrected chi connectivity index (χ1v) is 10.9. The van der Waals surface area contributed by atoms with E-state index in [4.69, 9.17) is 16.3 Å². The second-order valence-corrected chi connectivity index (χ2v) is 9.37. The van der Waals surface area contributed by atoms with Crippen LogP contribution < -0.4 is 4.74 Å². The third-order valence-electron chi connectivity index (χ3n) is 6.28. The molecule has 6 heteroatoms. The monoisotopic (exact) mass is 427 g/mol. The number of halogens is 1. The van der Waals surface area contributed by atoms with Crippen molar-refractivity contribution < 1.29 is 9.53 Å². The van der Waals surface area contributed by atoms with Gasteiger partial charge in [-0.1, -0.05) is 23.7 Å². The van der Waals surface area contributed by atoms with Gasteiger partial charge in [-0.15, -0.1) is 0 Å². The number of nitrogens with zero attached hydrogens (tertiary/aromatic N) is 3. The van der Waals surface area contributed by atoms with Crippen molar-refractivity contribution in [2.45, 2.75) is 32.0 Å². The molecule has 0 radical (unpaired) electrons. The van der Waals surface area contributed by atoms with Crippen LogP contribution in [0.1, 0.15) is 29.8 Å². The number of fused-ring (bicyclic) bond motifs is 1. The Hall–Kier alpha value is -2.08. The molecule has 160 valence electrons. The Kier molecular flexibility index (Phi) is 6.05. The maximum absolute atomic E-state index is 13.0. The topological polar surface area (TPSA) is 36.0 Å². The average Bonchev–Trinajstić information content (AvgIpc) is 2.73. The summed E-state index contributed by atoms with van der Waals surface area (Å²) in [6, 6.07) is 15.8. The molecule has 30 heavy (non-hydrogen) atoms. The fraction of sp³-hybridized carbons (Fsp3) is 0.458. The van der Waals surface area contributed by atoms with Crippen molar-refractivity contribution in [2.75, 3.05) is 39.8 Å². The summed E-state index contributed by atoms with van der Waals surface area (Å²) in [6.45, 7) is 9.94. The lowest BCUT2D eigenvalue weighted by atomic mass is 9.92. The molecule has 2 aliphatic heterocycles. The zero-order chi connectivity index (χ0) is 21.3. The smallest absolute Gasteiger partial charge is 0.253 e. The van der Waals surface area contributed by atoms with Crippen molar-refractivity contribution >= 4 is 17.5 Å². The lowest BCUT2D eigenvalue weighted by molar-refractivity contribution is -0.0613. The quantitative estimate of drug-likeness (QED) is 0.744. The summed E-state index contributed by atoms with van der Waals surface area (Å²) < 4.78 is 5.28. The molecular formula is C24H30ClN3O2. The van der Waals surface area contributed by atoms with E-state index in [0.29, 0.717) is 16.6 Å². The normalized spacial score (nSPS) is 21.9. The molecule has 0 unspecified atom stereocenters. The predicted octanol–water partition coefficient (Wildman–Crippen LogP) is 3.77. The molecular weight excluding hydrogens is 398 g/mol. The Morgan fingerprint density at radius 3 is 2.43 bits per heavy atom. The standard InChI is InChI=1S/C24H30ClN3O2/c1-24(2)17-26(14-18-4-10-22(30-3)11-5-18)15-21-16-27(12-13-28(21)24)23(29)19-6-8-20(25)9-7-19/h4-11,21H,12-17H2,1-3H3/t21-/m1/s1.